The van der Waals surface area contributed by atoms with E-state index >= 15 is 0 Å². The highest BCUT2D eigenvalue weighted by Gasteiger charge is 2.21. The molecule has 1 aliphatic rings. The second-order valence-corrected chi connectivity index (χ2v) is 6.91. The summed E-state index contributed by atoms with van der Waals surface area (Å²) in [7, 11) is 0. The highest BCUT2D eigenvalue weighted by atomic mass is 16.5. The minimum absolute atomic E-state index is 0.355. The van der Waals surface area contributed by atoms with Gasteiger partial charge in [-0.25, -0.2) is 0 Å². The molecule has 1 fully saturated rings. The van der Waals surface area contributed by atoms with E-state index in [2.05, 4.69) is 39.2 Å². The van der Waals surface area contributed by atoms with E-state index in [1.165, 1.54) is 18.4 Å². The number of aromatic nitrogens is 3. The highest BCUT2D eigenvalue weighted by Crippen LogP contribution is 2.19. The van der Waals surface area contributed by atoms with Gasteiger partial charge in [-0.1, -0.05) is 0 Å². The molecule has 0 radical (unpaired) electrons. The zero-order valence-electron chi connectivity index (χ0n) is 15.2. The van der Waals surface area contributed by atoms with Crippen molar-refractivity contribution in [1.82, 2.24) is 25.4 Å². The zero-order chi connectivity index (χ0) is 17.5. The van der Waals surface area contributed by atoms with Crippen molar-refractivity contribution in [2.75, 3.05) is 26.2 Å². The summed E-state index contributed by atoms with van der Waals surface area (Å²) in [6, 6.07) is 4.00. The van der Waals surface area contributed by atoms with Gasteiger partial charge < -0.3 is 10.1 Å². The molecule has 3 rings (SSSR count). The third kappa shape index (κ3) is 5.36. The number of unbranched alkanes of at least 4 members (excludes halogenated alkanes) is 1. The summed E-state index contributed by atoms with van der Waals surface area (Å²) in [5.41, 5.74) is 3.31. The summed E-state index contributed by atoms with van der Waals surface area (Å²) in [5.74, 6) is 0. The normalized spacial score (nSPS) is 21.5. The molecule has 2 aromatic heterocycles. The molecule has 6 nitrogen and oxygen atoms in total. The van der Waals surface area contributed by atoms with Crippen LogP contribution in [-0.2, 0) is 11.3 Å². The summed E-state index contributed by atoms with van der Waals surface area (Å²) < 4.78 is 5.78. The van der Waals surface area contributed by atoms with Gasteiger partial charge in [0, 0.05) is 43.2 Å². The average Bonchev–Trinajstić information content (AvgIpc) is 3.06. The predicted molar refractivity (Wildman–Crippen MR) is 99.2 cm³/mol. The Morgan fingerprint density at radius 1 is 1.24 bits per heavy atom. The van der Waals surface area contributed by atoms with Gasteiger partial charge in [-0.05, 0) is 51.9 Å². The number of nitrogens with zero attached hydrogens (tertiary/aromatic N) is 3. The summed E-state index contributed by atoms with van der Waals surface area (Å²) in [4.78, 5) is 6.70. The SMILES string of the molecule is C[C@H]1CN(CCCCNCc2cn[nH]c2-c2cccnc2)C[C@H](C)O1. The highest BCUT2D eigenvalue weighted by molar-refractivity contribution is 5.61. The van der Waals surface area contributed by atoms with Crippen LogP contribution in [0, 0.1) is 0 Å². The van der Waals surface area contributed by atoms with E-state index in [-0.39, 0.29) is 0 Å². The Kier molecular flexibility index (Phi) is 6.55. The minimum atomic E-state index is 0.355. The van der Waals surface area contributed by atoms with E-state index in [1.807, 2.05) is 24.5 Å². The van der Waals surface area contributed by atoms with Crippen molar-refractivity contribution in [2.24, 2.45) is 0 Å². The van der Waals surface area contributed by atoms with Crippen LogP contribution in [0.2, 0.25) is 0 Å². The molecule has 2 aromatic rings. The van der Waals surface area contributed by atoms with Crippen molar-refractivity contribution in [1.29, 1.82) is 0 Å². The lowest BCUT2D eigenvalue weighted by Crippen LogP contribution is -2.45. The lowest BCUT2D eigenvalue weighted by atomic mass is 10.1. The monoisotopic (exact) mass is 343 g/mol. The quantitative estimate of drug-likeness (QED) is 0.721. The van der Waals surface area contributed by atoms with Crippen LogP contribution in [0.1, 0.15) is 32.3 Å². The molecule has 1 saturated heterocycles. The fourth-order valence-corrected chi connectivity index (χ4v) is 3.48. The number of hydrogen-bond donors (Lipinski definition) is 2. The molecule has 0 aliphatic carbocycles. The second-order valence-electron chi connectivity index (χ2n) is 6.91. The number of pyridine rings is 1. The zero-order valence-corrected chi connectivity index (χ0v) is 15.2. The molecule has 0 amide bonds. The van der Waals surface area contributed by atoms with Crippen molar-refractivity contribution in [3.05, 3.63) is 36.3 Å². The van der Waals surface area contributed by atoms with Crippen LogP contribution in [0.3, 0.4) is 0 Å². The Labute approximate surface area is 150 Å². The van der Waals surface area contributed by atoms with Crippen LogP contribution in [0.5, 0.6) is 0 Å². The van der Waals surface area contributed by atoms with E-state index in [9.17, 15) is 0 Å². The minimum Gasteiger partial charge on any atom is -0.373 e. The molecule has 3 heterocycles. The molecule has 0 bridgehead atoms. The lowest BCUT2D eigenvalue weighted by Gasteiger charge is -2.35. The summed E-state index contributed by atoms with van der Waals surface area (Å²) >= 11 is 0. The van der Waals surface area contributed by atoms with Crippen LogP contribution < -0.4 is 5.32 Å². The maximum Gasteiger partial charge on any atom is 0.0710 e. The summed E-state index contributed by atoms with van der Waals surface area (Å²) in [6.45, 7) is 9.44. The van der Waals surface area contributed by atoms with E-state index in [1.54, 1.807) is 6.20 Å². The van der Waals surface area contributed by atoms with Crippen LogP contribution in [-0.4, -0.2) is 58.5 Å². The van der Waals surface area contributed by atoms with Crippen molar-refractivity contribution in [2.45, 2.75) is 45.4 Å². The first kappa shape index (κ1) is 18.0. The largest absolute Gasteiger partial charge is 0.373 e. The second kappa shape index (κ2) is 9.08. The van der Waals surface area contributed by atoms with Gasteiger partial charge in [0.25, 0.3) is 0 Å². The Morgan fingerprint density at radius 3 is 2.84 bits per heavy atom. The third-order valence-electron chi connectivity index (χ3n) is 4.56. The van der Waals surface area contributed by atoms with Crippen LogP contribution in [0.15, 0.2) is 30.7 Å². The van der Waals surface area contributed by atoms with Crippen LogP contribution in [0.4, 0.5) is 0 Å². The average molecular weight is 343 g/mol. The molecule has 25 heavy (non-hydrogen) atoms. The molecule has 6 heteroatoms. The smallest absolute Gasteiger partial charge is 0.0710 e. The van der Waals surface area contributed by atoms with Crippen molar-refractivity contribution in [3.63, 3.8) is 0 Å². The number of aromatic amines is 1. The molecule has 0 unspecified atom stereocenters. The van der Waals surface area contributed by atoms with Crippen LogP contribution in [0.25, 0.3) is 11.3 Å². The summed E-state index contributed by atoms with van der Waals surface area (Å²) in [6.07, 6.45) is 8.65. The van der Waals surface area contributed by atoms with Crippen molar-refractivity contribution < 1.29 is 4.74 Å². The Morgan fingerprint density at radius 2 is 2.08 bits per heavy atom. The van der Waals surface area contributed by atoms with E-state index in [0.29, 0.717) is 12.2 Å². The maximum atomic E-state index is 5.78. The molecule has 0 saturated carbocycles. The van der Waals surface area contributed by atoms with Crippen molar-refractivity contribution in [3.8, 4) is 11.3 Å². The van der Waals surface area contributed by atoms with Crippen LogP contribution >= 0.6 is 0 Å². The number of morpholine rings is 1. The molecule has 1 aliphatic heterocycles. The Hall–Kier alpha value is -1.76. The molecule has 2 atom stereocenters. The standard InChI is InChI=1S/C19H29N5O/c1-15-13-24(14-16(2)25-15)9-4-3-7-20-11-18-12-22-23-19(18)17-6-5-8-21-10-17/h5-6,8,10,12,15-16,20H,3-4,7,9,11,13-14H2,1-2H3,(H,22,23)/t15-,16-/m0/s1. The third-order valence-corrected chi connectivity index (χ3v) is 4.56. The number of ether oxygens (including phenoxy) is 1. The molecule has 2 N–H and O–H groups in total. The first-order valence-corrected chi connectivity index (χ1v) is 9.23. The molecule has 0 spiro atoms. The van der Waals surface area contributed by atoms with Crippen molar-refractivity contribution >= 4 is 0 Å². The fraction of sp³-hybridized carbons (Fsp3) is 0.579. The van der Waals surface area contributed by atoms with Gasteiger partial charge in [-0.15, -0.1) is 0 Å². The van der Waals surface area contributed by atoms with Gasteiger partial charge in [0.2, 0.25) is 0 Å². The topological polar surface area (TPSA) is 66.1 Å². The van der Waals surface area contributed by atoms with Gasteiger partial charge in [0.1, 0.15) is 0 Å². The summed E-state index contributed by atoms with van der Waals surface area (Å²) in [5, 5.41) is 10.8. The first-order chi connectivity index (χ1) is 12.2. The van der Waals surface area contributed by atoms with E-state index in [4.69, 9.17) is 4.74 Å². The first-order valence-electron chi connectivity index (χ1n) is 9.23. The Bertz CT molecular complexity index is 620. The molecular formula is C19H29N5O. The van der Waals surface area contributed by atoms with Gasteiger partial charge in [0.15, 0.2) is 0 Å². The van der Waals surface area contributed by atoms with E-state index in [0.717, 1.165) is 44.0 Å². The molecular weight excluding hydrogens is 314 g/mol. The van der Waals surface area contributed by atoms with Gasteiger partial charge in [0.05, 0.1) is 24.1 Å². The van der Waals surface area contributed by atoms with E-state index < -0.39 is 0 Å². The number of nitrogens with one attached hydrogen (secondary N) is 2. The fourth-order valence-electron chi connectivity index (χ4n) is 3.48. The maximum absolute atomic E-state index is 5.78. The van der Waals surface area contributed by atoms with Gasteiger partial charge in [-0.2, -0.15) is 5.10 Å². The molecule has 136 valence electrons. The number of rotatable bonds is 8. The molecule has 0 aromatic carbocycles. The lowest BCUT2D eigenvalue weighted by molar-refractivity contribution is -0.0681. The van der Waals surface area contributed by atoms with Gasteiger partial charge in [-0.3, -0.25) is 15.0 Å². The number of hydrogen-bond acceptors (Lipinski definition) is 5. The van der Waals surface area contributed by atoms with Gasteiger partial charge >= 0.3 is 0 Å². The predicted octanol–water partition coefficient (Wildman–Crippen LogP) is 2.45. The Balaban J connectivity index is 1.35. The number of H-pyrrole nitrogens is 1.